The van der Waals surface area contributed by atoms with Crippen LogP contribution in [0.1, 0.15) is 34.1 Å². The molecule has 0 saturated heterocycles. The molecular formula is C20H40N2NaO5S+. The average molecular weight is 444 g/mol. The molecular weight excluding hydrogens is 403 g/mol. The second kappa shape index (κ2) is 21.4. The number of amides is 2. The van der Waals surface area contributed by atoms with E-state index in [-0.39, 0.29) is 41.4 Å². The van der Waals surface area contributed by atoms with E-state index in [9.17, 15) is 9.59 Å². The van der Waals surface area contributed by atoms with E-state index in [1.807, 2.05) is 34.0 Å². The number of carbonyl (C=O) groups is 2. The predicted octanol–water partition coefficient (Wildman–Crippen LogP) is -0.854. The third kappa shape index (κ3) is 14.0. The van der Waals surface area contributed by atoms with Gasteiger partial charge in [0.1, 0.15) is 5.92 Å². The fourth-order valence-corrected chi connectivity index (χ4v) is 3.03. The van der Waals surface area contributed by atoms with Crippen molar-refractivity contribution in [3.63, 3.8) is 0 Å². The number of ether oxygens (including phenoxy) is 3. The molecule has 7 nitrogen and oxygen atoms in total. The molecule has 0 bridgehead atoms. The number of thioether (sulfide) groups is 1. The normalized spacial score (nSPS) is 10.7. The Balaban J connectivity index is 0. The van der Waals surface area contributed by atoms with Gasteiger partial charge in [0.05, 0.1) is 33.0 Å². The molecule has 2 amide bonds. The van der Waals surface area contributed by atoms with Gasteiger partial charge in [0.25, 0.3) is 0 Å². The molecule has 0 atom stereocenters. The van der Waals surface area contributed by atoms with E-state index in [0.29, 0.717) is 65.6 Å². The number of hydrogen-bond acceptors (Lipinski definition) is 6. The second-order valence-electron chi connectivity index (χ2n) is 6.19. The largest absolute Gasteiger partial charge is 1.00 e. The van der Waals surface area contributed by atoms with Gasteiger partial charge in [0.2, 0.25) is 11.8 Å². The van der Waals surface area contributed by atoms with Crippen molar-refractivity contribution in [3.05, 3.63) is 0 Å². The molecule has 0 aliphatic rings. The summed E-state index contributed by atoms with van der Waals surface area (Å²) in [6.45, 7) is 13.3. The summed E-state index contributed by atoms with van der Waals surface area (Å²) in [5.41, 5.74) is 0. The van der Waals surface area contributed by atoms with E-state index in [2.05, 4.69) is 0 Å². The van der Waals surface area contributed by atoms with Crippen molar-refractivity contribution >= 4 is 23.6 Å². The van der Waals surface area contributed by atoms with Gasteiger partial charge in [-0.25, -0.2) is 0 Å². The van der Waals surface area contributed by atoms with Crippen LogP contribution in [0.25, 0.3) is 0 Å². The molecule has 0 radical (unpaired) electrons. The number of hydrogen-bond donors (Lipinski definition) is 0. The van der Waals surface area contributed by atoms with Crippen molar-refractivity contribution in [3.8, 4) is 0 Å². The summed E-state index contributed by atoms with van der Waals surface area (Å²) in [5.74, 6) is 0.0988. The minimum Gasteiger partial charge on any atom is -0.379 e. The Bertz CT molecular complexity index is 386. The number of carbonyl (C=O) groups excluding carboxylic acids is 2. The van der Waals surface area contributed by atoms with Crippen LogP contribution < -0.4 is 29.6 Å². The Morgan fingerprint density at radius 2 is 1.10 bits per heavy atom. The van der Waals surface area contributed by atoms with Crippen LogP contribution in [-0.2, 0) is 23.8 Å². The third-order valence-electron chi connectivity index (χ3n) is 4.47. The first-order chi connectivity index (χ1) is 13.6. The zero-order chi connectivity index (χ0) is 21.2. The summed E-state index contributed by atoms with van der Waals surface area (Å²) in [6, 6.07) is 0. The van der Waals surface area contributed by atoms with E-state index in [4.69, 9.17) is 14.2 Å². The number of nitrogens with zero attached hydrogens (tertiary/aromatic N) is 2. The molecule has 0 aromatic rings. The SMILES string of the molecule is CCN(CC)C(=O)C(CCOCCOCCOCCSC)C(=O)N(CC)CC.[Na+]. The van der Waals surface area contributed by atoms with Crippen LogP contribution in [0, 0.1) is 5.92 Å². The van der Waals surface area contributed by atoms with Gasteiger partial charge in [-0.2, -0.15) is 11.8 Å². The molecule has 0 aliphatic carbocycles. The average Bonchev–Trinajstić information content (AvgIpc) is 2.70. The molecule has 0 aromatic carbocycles. The first-order valence-corrected chi connectivity index (χ1v) is 11.8. The Hall–Kier alpha value is 0.170. The summed E-state index contributed by atoms with van der Waals surface area (Å²) >= 11 is 1.75. The van der Waals surface area contributed by atoms with Gasteiger partial charge >= 0.3 is 29.6 Å². The fraction of sp³-hybridized carbons (Fsp3) is 0.900. The summed E-state index contributed by atoms with van der Waals surface area (Å²) in [7, 11) is 0. The maximum absolute atomic E-state index is 12.8. The molecule has 0 aromatic heterocycles. The number of rotatable bonds is 18. The molecule has 0 unspecified atom stereocenters. The molecule has 0 aliphatic heterocycles. The summed E-state index contributed by atoms with van der Waals surface area (Å²) in [4.78, 5) is 29.0. The minimum absolute atomic E-state index is 0. The monoisotopic (exact) mass is 443 g/mol. The van der Waals surface area contributed by atoms with E-state index in [0.717, 1.165) is 12.4 Å². The van der Waals surface area contributed by atoms with Crippen LogP contribution in [0.5, 0.6) is 0 Å². The molecule has 0 fully saturated rings. The van der Waals surface area contributed by atoms with Gasteiger partial charge in [-0.15, -0.1) is 0 Å². The molecule has 29 heavy (non-hydrogen) atoms. The van der Waals surface area contributed by atoms with Gasteiger partial charge in [-0.05, 0) is 40.4 Å². The van der Waals surface area contributed by atoms with E-state index >= 15 is 0 Å². The van der Waals surface area contributed by atoms with Gasteiger partial charge in [0.15, 0.2) is 0 Å². The maximum Gasteiger partial charge on any atom is 1.00 e. The summed E-state index contributed by atoms with van der Waals surface area (Å²) in [5, 5.41) is 0. The summed E-state index contributed by atoms with van der Waals surface area (Å²) in [6.07, 6.45) is 2.44. The zero-order valence-corrected chi connectivity index (χ0v) is 22.2. The van der Waals surface area contributed by atoms with E-state index < -0.39 is 5.92 Å². The van der Waals surface area contributed by atoms with Crippen molar-refractivity contribution in [2.75, 3.05) is 77.8 Å². The van der Waals surface area contributed by atoms with Crippen molar-refractivity contribution in [1.82, 2.24) is 9.80 Å². The Labute approximate surface area is 203 Å². The van der Waals surface area contributed by atoms with Crippen LogP contribution in [0.4, 0.5) is 0 Å². The van der Waals surface area contributed by atoms with Crippen LogP contribution in [-0.4, -0.2) is 99.4 Å². The smallest absolute Gasteiger partial charge is 0.379 e. The molecule has 9 heteroatoms. The van der Waals surface area contributed by atoms with Crippen molar-refractivity contribution in [2.45, 2.75) is 34.1 Å². The Kier molecular flexibility index (Phi) is 23.1. The Morgan fingerprint density at radius 1 is 0.724 bits per heavy atom. The Morgan fingerprint density at radius 3 is 1.48 bits per heavy atom. The van der Waals surface area contributed by atoms with Gasteiger partial charge in [-0.1, -0.05) is 0 Å². The van der Waals surface area contributed by atoms with Crippen molar-refractivity contribution < 1.29 is 53.4 Å². The van der Waals surface area contributed by atoms with Crippen molar-refractivity contribution in [1.29, 1.82) is 0 Å². The van der Waals surface area contributed by atoms with E-state index in [1.54, 1.807) is 21.6 Å². The third-order valence-corrected chi connectivity index (χ3v) is 5.05. The predicted molar refractivity (Wildman–Crippen MR) is 115 cm³/mol. The molecule has 0 rings (SSSR count). The van der Waals surface area contributed by atoms with Crippen LogP contribution in [0.2, 0.25) is 0 Å². The fourth-order valence-electron chi connectivity index (χ4n) is 2.75. The van der Waals surface area contributed by atoms with Gasteiger partial charge in [0, 0.05) is 38.5 Å². The molecule has 0 spiro atoms. The molecule has 0 saturated carbocycles. The second-order valence-corrected chi connectivity index (χ2v) is 7.18. The maximum atomic E-state index is 12.8. The van der Waals surface area contributed by atoms with Crippen LogP contribution >= 0.6 is 11.8 Å². The topological polar surface area (TPSA) is 68.3 Å². The van der Waals surface area contributed by atoms with Crippen LogP contribution in [0.15, 0.2) is 0 Å². The minimum atomic E-state index is -0.675. The first-order valence-electron chi connectivity index (χ1n) is 10.4. The van der Waals surface area contributed by atoms with Crippen molar-refractivity contribution in [2.24, 2.45) is 5.92 Å². The first kappa shape index (κ1) is 31.4. The molecule has 166 valence electrons. The zero-order valence-electron chi connectivity index (χ0n) is 19.4. The summed E-state index contributed by atoms with van der Waals surface area (Å²) < 4.78 is 16.4. The quantitative estimate of drug-likeness (QED) is 0.156. The van der Waals surface area contributed by atoms with Gasteiger partial charge in [-0.3, -0.25) is 9.59 Å². The van der Waals surface area contributed by atoms with Gasteiger partial charge < -0.3 is 24.0 Å². The van der Waals surface area contributed by atoms with Crippen LogP contribution in [0.3, 0.4) is 0 Å². The molecule has 0 N–H and O–H groups in total. The molecule has 0 heterocycles. The standard InChI is InChI=1S/C20H40N2O5S.Na/c1-6-21(7-2)19(23)18(20(24)22(8-3)9-4)10-11-25-12-13-26-14-15-27-16-17-28-5;/h18H,6-17H2,1-5H3;/q;+1. The van der Waals surface area contributed by atoms with E-state index in [1.165, 1.54) is 0 Å².